The largest absolute Gasteiger partial charge is 0.349 e. The van der Waals surface area contributed by atoms with Crippen LogP contribution in [0.3, 0.4) is 0 Å². The normalized spacial score (nSPS) is 10.6. The number of hydrogen-bond donors (Lipinski definition) is 1. The molecule has 0 atom stereocenters. The Morgan fingerprint density at radius 3 is 2.52 bits per heavy atom. The number of amides is 1. The number of benzene rings is 1. The number of pyridine rings is 1. The molecular weight excluding hydrogens is 280 g/mol. The summed E-state index contributed by atoms with van der Waals surface area (Å²) in [5, 5.41) is 3.81. The van der Waals surface area contributed by atoms with Gasteiger partial charge in [0.25, 0.3) is 5.91 Å². The number of nitrogens with one attached hydrogen (secondary N) is 1. The molecule has 110 valence electrons. The number of nitrogens with zero attached hydrogens (tertiary/aromatic N) is 1. The van der Waals surface area contributed by atoms with Gasteiger partial charge in [-0.2, -0.15) is 0 Å². The standard InChI is InChI=1S/C17H20N2OS/c1-3-13(4-2)19-16(20)15-11-8-12-18-17(15)21-14-9-6-5-7-10-14/h5-13H,3-4H2,1-2H3,(H,19,20). The molecule has 21 heavy (non-hydrogen) atoms. The van der Waals surface area contributed by atoms with Crippen molar-refractivity contribution in [3.63, 3.8) is 0 Å². The van der Waals surface area contributed by atoms with Gasteiger partial charge in [0.1, 0.15) is 5.03 Å². The minimum atomic E-state index is -0.0461. The van der Waals surface area contributed by atoms with Crippen LogP contribution in [-0.2, 0) is 0 Å². The SMILES string of the molecule is CCC(CC)NC(=O)c1cccnc1Sc1ccccc1. The van der Waals surface area contributed by atoms with E-state index < -0.39 is 0 Å². The summed E-state index contributed by atoms with van der Waals surface area (Å²) in [6.45, 7) is 4.16. The van der Waals surface area contributed by atoms with Crippen molar-refractivity contribution < 1.29 is 4.79 Å². The van der Waals surface area contributed by atoms with Crippen molar-refractivity contribution in [1.82, 2.24) is 10.3 Å². The molecule has 2 rings (SSSR count). The molecule has 2 aromatic rings. The highest BCUT2D eigenvalue weighted by atomic mass is 32.2. The molecule has 0 spiro atoms. The van der Waals surface area contributed by atoms with E-state index in [1.165, 1.54) is 11.8 Å². The summed E-state index contributed by atoms with van der Waals surface area (Å²) in [4.78, 5) is 17.9. The minimum Gasteiger partial charge on any atom is -0.349 e. The maximum atomic E-state index is 12.4. The van der Waals surface area contributed by atoms with Gasteiger partial charge in [-0.15, -0.1) is 0 Å². The van der Waals surface area contributed by atoms with E-state index in [4.69, 9.17) is 0 Å². The Balaban J connectivity index is 2.18. The first-order chi connectivity index (χ1) is 10.2. The van der Waals surface area contributed by atoms with E-state index in [-0.39, 0.29) is 11.9 Å². The fraction of sp³-hybridized carbons (Fsp3) is 0.294. The molecule has 0 radical (unpaired) electrons. The topological polar surface area (TPSA) is 42.0 Å². The molecule has 4 heteroatoms. The van der Waals surface area contributed by atoms with Crippen molar-refractivity contribution in [2.45, 2.75) is 42.7 Å². The number of carbonyl (C=O) groups excluding carboxylic acids is 1. The highest BCUT2D eigenvalue weighted by molar-refractivity contribution is 7.99. The van der Waals surface area contributed by atoms with Crippen molar-refractivity contribution in [2.75, 3.05) is 0 Å². The average Bonchev–Trinajstić information content (AvgIpc) is 2.54. The fourth-order valence-electron chi connectivity index (χ4n) is 2.00. The molecule has 1 N–H and O–H groups in total. The second-order valence-corrected chi connectivity index (χ2v) is 5.82. The van der Waals surface area contributed by atoms with Crippen LogP contribution in [0.5, 0.6) is 0 Å². The van der Waals surface area contributed by atoms with E-state index in [0.717, 1.165) is 22.8 Å². The Hall–Kier alpha value is -1.81. The van der Waals surface area contributed by atoms with Gasteiger partial charge < -0.3 is 5.32 Å². The van der Waals surface area contributed by atoms with Crippen LogP contribution in [0.25, 0.3) is 0 Å². The highest BCUT2D eigenvalue weighted by Gasteiger charge is 2.15. The van der Waals surface area contributed by atoms with Gasteiger partial charge in [-0.3, -0.25) is 4.79 Å². The third-order valence-corrected chi connectivity index (χ3v) is 4.32. The number of hydrogen-bond acceptors (Lipinski definition) is 3. The van der Waals surface area contributed by atoms with Crippen LogP contribution in [-0.4, -0.2) is 16.9 Å². The molecule has 1 aromatic heterocycles. The lowest BCUT2D eigenvalue weighted by Crippen LogP contribution is -2.34. The second-order valence-electron chi connectivity index (χ2n) is 4.76. The monoisotopic (exact) mass is 300 g/mol. The lowest BCUT2D eigenvalue weighted by atomic mass is 10.1. The lowest BCUT2D eigenvalue weighted by Gasteiger charge is -2.15. The molecule has 1 aromatic carbocycles. The number of carbonyl (C=O) groups is 1. The fourth-order valence-corrected chi connectivity index (χ4v) is 2.90. The van der Waals surface area contributed by atoms with Crippen molar-refractivity contribution in [3.8, 4) is 0 Å². The first kappa shape index (κ1) is 15.6. The first-order valence-electron chi connectivity index (χ1n) is 7.23. The molecular formula is C17H20N2OS. The van der Waals surface area contributed by atoms with Crippen LogP contribution >= 0.6 is 11.8 Å². The van der Waals surface area contributed by atoms with Crippen LogP contribution in [0, 0.1) is 0 Å². The van der Waals surface area contributed by atoms with Gasteiger partial charge in [-0.1, -0.05) is 43.8 Å². The minimum absolute atomic E-state index is 0.0461. The molecule has 1 heterocycles. The lowest BCUT2D eigenvalue weighted by molar-refractivity contribution is 0.0931. The summed E-state index contributed by atoms with van der Waals surface area (Å²) in [5.74, 6) is -0.0461. The second kappa shape index (κ2) is 7.84. The predicted octanol–water partition coefficient (Wildman–Crippen LogP) is 4.15. The smallest absolute Gasteiger partial charge is 0.254 e. The molecule has 0 saturated heterocycles. The van der Waals surface area contributed by atoms with Crippen molar-refractivity contribution in [1.29, 1.82) is 0 Å². The summed E-state index contributed by atoms with van der Waals surface area (Å²) < 4.78 is 0. The zero-order valence-electron chi connectivity index (χ0n) is 12.4. The van der Waals surface area contributed by atoms with Gasteiger partial charge in [-0.05, 0) is 37.1 Å². The molecule has 0 aliphatic carbocycles. The van der Waals surface area contributed by atoms with E-state index in [1.54, 1.807) is 12.3 Å². The zero-order chi connectivity index (χ0) is 15.1. The molecule has 3 nitrogen and oxygen atoms in total. The predicted molar refractivity (Wildman–Crippen MR) is 86.6 cm³/mol. The van der Waals surface area contributed by atoms with E-state index >= 15 is 0 Å². The van der Waals surface area contributed by atoms with Crippen molar-refractivity contribution in [2.24, 2.45) is 0 Å². The molecule has 0 aliphatic heterocycles. The quantitative estimate of drug-likeness (QED) is 0.871. The van der Waals surface area contributed by atoms with Gasteiger partial charge in [0.05, 0.1) is 5.56 Å². The zero-order valence-corrected chi connectivity index (χ0v) is 13.2. The van der Waals surface area contributed by atoms with Gasteiger partial charge >= 0.3 is 0 Å². The summed E-state index contributed by atoms with van der Waals surface area (Å²) in [6, 6.07) is 13.8. The van der Waals surface area contributed by atoms with Crippen molar-refractivity contribution in [3.05, 3.63) is 54.2 Å². The molecule has 0 bridgehead atoms. The highest BCUT2D eigenvalue weighted by Crippen LogP contribution is 2.28. The maximum Gasteiger partial charge on any atom is 0.254 e. The van der Waals surface area contributed by atoms with Gasteiger partial charge in [-0.25, -0.2) is 4.98 Å². The molecule has 0 saturated carbocycles. The molecule has 0 fully saturated rings. The summed E-state index contributed by atoms with van der Waals surface area (Å²) >= 11 is 1.51. The maximum absolute atomic E-state index is 12.4. The molecule has 0 unspecified atom stereocenters. The molecule has 0 aliphatic rings. The Kier molecular flexibility index (Phi) is 5.81. The third kappa shape index (κ3) is 4.33. The Morgan fingerprint density at radius 2 is 1.86 bits per heavy atom. The van der Waals surface area contributed by atoms with Crippen LogP contribution < -0.4 is 5.32 Å². The van der Waals surface area contributed by atoms with Gasteiger partial charge in [0.15, 0.2) is 0 Å². The summed E-state index contributed by atoms with van der Waals surface area (Å²) in [7, 11) is 0. The van der Waals surface area contributed by atoms with E-state index in [9.17, 15) is 4.79 Å². The van der Waals surface area contributed by atoms with E-state index in [0.29, 0.717) is 5.56 Å². The van der Waals surface area contributed by atoms with E-state index in [2.05, 4.69) is 24.1 Å². The van der Waals surface area contributed by atoms with Gasteiger partial charge in [0.2, 0.25) is 0 Å². The van der Waals surface area contributed by atoms with Crippen LogP contribution in [0.15, 0.2) is 58.6 Å². The van der Waals surface area contributed by atoms with Gasteiger partial charge in [0, 0.05) is 17.1 Å². The average molecular weight is 300 g/mol. The Morgan fingerprint density at radius 1 is 1.14 bits per heavy atom. The van der Waals surface area contributed by atoms with Crippen LogP contribution in [0.4, 0.5) is 0 Å². The molecule has 1 amide bonds. The van der Waals surface area contributed by atoms with Crippen molar-refractivity contribution >= 4 is 17.7 Å². The summed E-state index contributed by atoms with van der Waals surface area (Å²) in [5.41, 5.74) is 0.637. The number of rotatable bonds is 6. The first-order valence-corrected chi connectivity index (χ1v) is 8.05. The Labute approximate surface area is 130 Å². The van der Waals surface area contributed by atoms with Crippen LogP contribution in [0.1, 0.15) is 37.0 Å². The number of aromatic nitrogens is 1. The Bertz CT molecular complexity index is 582. The third-order valence-electron chi connectivity index (χ3n) is 3.29. The van der Waals surface area contributed by atoms with E-state index in [1.807, 2.05) is 36.4 Å². The summed E-state index contributed by atoms with van der Waals surface area (Å²) in [6.07, 6.45) is 3.59. The van der Waals surface area contributed by atoms with Crippen LogP contribution in [0.2, 0.25) is 0 Å².